The number of nitrogens with zero attached hydrogens (tertiary/aromatic N) is 2. The summed E-state index contributed by atoms with van der Waals surface area (Å²) in [4.78, 5) is 19.8. The van der Waals surface area contributed by atoms with E-state index >= 15 is 0 Å². The van der Waals surface area contributed by atoms with E-state index in [4.69, 9.17) is 0 Å². The Labute approximate surface area is 139 Å². The highest BCUT2D eigenvalue weighted by atomic mass is 19.4. The number of benzene rings is 1. The Morgan fingerprint density at radius 3 is 2.68 bits per heavy atom. The van der Waals surface area contributed by atoms with E-state index in [1.54, 1.807) is 0 Å². The standard InChI is InChI=1S/C16H14F5N3O/c17-10-3-4-11(12(18)6-10)15(25)24-5-1-2-9(8-24)14-22-7-13(23-14)16(19,20)21/h3-4,6-7,9H,1-2,5,8H2,(H,22,23). The van der Waals surface area contributed by atoms with Gasteiger partial charge in [-0.2, -0.15) is 13.2 Å². The van der Waals surface area contributed by atoms with Gasteiger partial charge in [-0.15, -0.1) is 0 Å². The molecule has 1 unspecified atom stereocenters. The fraction of sp³-hybridized carbons (Fsp3) is 0.375. The van der Waals surface area contributed by atoms with Crippen LogP contribution >= 0.6 is 0 Å². The molecule has 1 amide bonds. The Kier molecular flexibility index (Phi) is 4.49. The number of imidazole rings is 1. The number of carbonyl (C=O) groups is 1. The molecule has 1 aromatic heterocycles. The van der Waals surface area contributed by atoms with Gasteiger partial charge >= 0.3 is 6.18 Å². The van der Waals surface area contributed by atoms with Crippen LogP contribution in [0.2, 0.25) is 0 Å². The van der Waals surface area contributed by atoms with Gasteiger partial charge in [-0.25, -0.2) is 13.8 Å². The van der Waals surface area contributed by atoms with Gasteiger partial charge in [0, 0.05) is 25.1 Å². The van der Waals surface area contributed by atoms with Crippen molar-refractivity contribution in [2.24, 2.45) is 0 Å². The number of H-pyrrole nitrogens is 1. The summed E-state index contributed by atoms with van der Waals surface area (Å²) in [5.74, 6) is -2.64. The number of aromatic nitrogens is 2. The van der Waals surface area contributed by atoms with Gasteiger partial charge in [0.1, 0.15) is 23.2 Å². The Hall–Kier alpha value is -2.45. The second-order valence-corrected chi connectivity index (χ2v) is 5.89. The number of hydrogen-bond acceptors (Lipinski definition) is 2. The van der Waals surface area contributed by atoms with Gasteiger partial charge in [0.15, 0.2) is 0 Å². The maximum atomic E-state index is 13.8. The minimum atomic E-state index is -4.52. The number of piperidine rings is 1. The van der Waals surface area contributed by atoms with Crippen LogP contribution in [0, 0.1) is 11.6 Å². The van der Waals surface area contributed by atoms with Crippen LogP contribution in [0.4, 0.5) is 22.0 Å². The van der Waals surface area contributed by atoms with Gasteiger partial charge in [0.05, 0.1) is 11.8 Å². The molecule has 1 aromatic carbocycles. The first-order valence-corrected chi connectivity index (χ1v) is 7.62. The molecule has 1 aliphatic heterocycles. The molecule has 134 valence electrons. The molecule has 2 aromatic rings. The highest BCUT2D eigenvalue weighted by Crippen LogP contribution is 2.31. The summed E-state index contributed by atoms with van der Waals surface area (Å²) in [5, 5.41) is 0. The molecular weight excluding hydrogens is 345 g/mol. The normalized spacial score (nSPS) is 18.4. The van der Waals surface area contributed by atoms with E-state index in [9.17, 15) is 26.7 Å². The zero-order chi connectivity index (χ0) is 18.2. The number of halogens is 5. The van der Waals surface area contributed by atoms with E-state index in [-0.39, 0.29) is 17.9 Å². The fourth-order valence-electron chi connectivity index (χ4n) is 2.91. The van der Waals surface area contributed by atoms with Gasteiger partial charge < -0.3 is 9.88 Å². The van der Waals surface area contributed by atoms with Crippen molar-refractivity contribution >= 4 is 5.91 Å². The number of aromatic amines is 1. The van der Waals surface area contributed by atoms with Crippen molar-refractivity contribution in [3.05, 3.63) is 53.1 Å². The number of nitrogens with one attached hydrogen (secondary N) is 1. The molecule has 0 aliphatic carbocycles. The average Bonchev–Trinajstić information content (AvgIpc) is 3.05. The highest BCUT2D eigenvalue weighted by Gasteiger charge is 2.35. The van der Waals surface area contributed by atoms with Crippen molar-refractivity contribution in [3.63, 3.8) is 0 Å². The molecule has 4 nitrogen and oxygen atoms in total. The molecule has 0 radical (unpaired) electrons. The molecule has 2 heterocycles. The van der Waals surface area contributed by atoms with Gasteiger partial charge in [0.2, 0.25) is 0 Å². The molecule has 1 N–H and O–H groups in total. The quantitative estimate of drug-likeness (QED) is 0.831. The van der Waals surface area contributed by atoms with E-state index in [2.05, 4.69) is 9.97 Å². The lowest BCUT2D eigenvalue weighted by molar-refractivity contribution is -0.141. The van der Waals surface area contributed by atoms with Crippen molar-refractivity contribution in [2.75, 3.05) is 13.1 Å². The first-order chi connectivity index (χ1) is 11.8. The lowest BCUT2D eigenvalue weighted by Gasteiger charge is -2.32. The zero-order valence-electron chi connectivity index (χ0n) is 12.9. The molecule has 1 atom stereocenters. The SMILES string of the molecule is O=C(c1ccc(F)cc1F)N1CCCC(c2ncc(C(F)(F)F)[nH]2)C1. The zero-order valence-corrected chi connectivity index (χ0v) is 12.9. The minimum Gasteiger partial charge on any atom is -0.338 e. The molecule has 0 saturated carbocycles. The van der Waals surface area contributed by atoms with Crippen molar-refractivity contribution in [2.45, 2.75) is 24.9 Å². The summed E-state index contributed by atoms with van der Waals surface area (Å²) in [5.41, 5.74) is -1.21. The first-order valence-electron chi connectivity index (χ1n) is 7.62. The van der Waals surface area contributed by atoms with Crippen LogP contribution in [0.3, 0.4) is 0 Å². The molecule has 25 heavy (non-hydrogen) atoms. The molecule has 1 saturated heterocycles. The van der Waals surface area contributed by atoms with Crippen LogP contribution in [0.15, 0.2) is 24.4 Å². The Morgan fingerprint density at radius 2 is 2.04 bits per heavy atom. The molecule has 1 aliphatic rings. The largest absolute Gasteiger partial charge is 0.432 e. The molecular formula is C16H14F5N3O. The van der Waals surface area contributed by atoms with Crippen LogP contribution in [0.1, 0.15) is 40.6 Å². The van der Waals surface area contributed by atoms with E-state index in [1.165, 1.54) is 4.90 Å². The molecule has 0 bridgehead atoms. The topological polar surface area (TPSA) is 49.0 Å². The summed E-state index contributed by atoms with van der Waals surface area (Å²) in [6.07, 6.45) is -2.70. The fourth-order valence-corrected chi connectivity index (χ4v) is 2.91. The van der Waals surface area contributed by atoms with Crippen molar-refractivity contribution in [1.82, 2.24) is 14.9 Å². The molecule has 3 rings (SSSR count). The monoisotopic (exact) mass is 359 g/mol. The summed E-state index contributed by atoms with van der Waals surface area (Å²) in [7, 11) is 0. The van der Waals surface area contributed by atoms with Crippen LogP contribution in [0.5, 0.6) is 0 Å². The maximum Gasteiger partial charge on any atom is 0.432 e. The van der Waals surface area contributed by atoms with E-state index in [1.807, 2.05) is 0 Å². The lowest BCUT2D eigenvalue weighted by atomic mass is 9.96. The summed E-state index contributed by atoms with van der Waals surface area (Å²) < 4.78 is 64.7. The first kappa shape index (κ1) is 17.4. The Bertz CT molecular complexity index is 786. The van der Waals surface area contributed by atoms with Crippen molar-refractivity contribution in [3.8, 4) is 0 Å². The highest BCUT2D eigenvalue weighted by molar-refractivity contribution is 5.94. The second kappa shape index (κ2) is 6.45. The third-order valence-corrected chi connectivity index (χ3v) is 4.16. The van der Waals surface area contributed by atoms with Crippen LogP contribution in [-0.4, -0.2) is 33.9 Å². The predicted octanol–water partition coefficient (Wildman–Crippen LogP) is 3.73. The summed E-state index contributed by atoms with van der Waals surface area (Å²) in [6.45, 7) is 0.458. The third-order valence-electron chi connectivity index (χ3n) is 4.16. The smallest absolute Gasteiger partial charge is 0.338 e. The predicted molar refractivity (Wildman–Crippen MR) is 77.8 cm³/mol. The minimum absolute atomic E-state index is 0.112. The molecule has 1 fully saturated rings. The molecule has 0 spiro atoms. The lowest BCUT2D eigenvalue weighted by Crippen LogP contribution is -2.39. The van der Waals surface area contributed by atoms with E-state index in [0.29, 0.717) is 25.5 Å². The summed E-state index contributed by atoms with van der Waals surface area (Å²) >= 11 is 0. The van der Waals surface area contributed by atoms with Gasteiger partial charge in [-0.1, -0.05) is 0 Å². The number of hydrogen-bond donors (Lipinski definition) is 1. The van der Waals surface area contributed by atoms with Crippen LogP contribution in [-0.2, 0) is 6.18 Å². The van der Waals surface area contributed by atoms with E-state index < -0.39 is 35.3 Å². The van der Waals surface area contributed by atoms with Crippen molar-refractivity contribution in [1.29, 1.82) is 0 Å². The Morgan fingerprint density at radius 1 is 1.28 bits per heavy atom. The number of rotatable bonds is 2. The van der Waals surface area contributed by atoms with Gasteiger partial charge in [-0.3, -0.25) is 4.79 Å². The average molecular weight is 359 g/mol. The number of amides is 1. The summed E-state index contributed by atoms with van der Waals surface area (Å²) in [6, 6.07) is 2.67. The van der Waals surface area contributed by atoms with E-state index in [0.717, 1.165) is 18.3 Å². The number of likely N-dealkylation sites (tertiary alicyclic amines) is 1. The van der Waals surface area contributed by atoms with Gasteiger partial charge in [0.25, 0.3) is 5.91 Å². The Balaban J connectivity index is 1.77. The third kappa shape index (κ3) is 3.64. The van der Waals surface area contributed by atoms with Crippen LogP contribution in [0.25, 0.3) is 0 Å². The second-order valence-electron chi connectivity index (χ2n) is 5.89. The van der Waals surface area contributed by atoms with Gasteiger partial charge in [-0.05, 0) is 25.0 Å². The number of carbonyl (C=O) groups excluding carboxylic acids is 1. The van der Waals surface area contributed by atoms with Crippen molar-refractivity contribution < 1.29 is 26.7 Å². The number of alkyl halides is 3. The maximum absolute atomic E-state index is 13.8. The molecule has 9 heteroatoms. The van der Waals surface area contributed by atoms with Crippen LogP contribution < -0.4 is 0 Å².